The van der Waals surface area contributed by atoms with Gasteiger partial charge in [-0.25, -0.2) is 4.79 Å². The fraction of sp³-hybridized carbons (Fsp3) is 0.625. The van der Waals surface area contributed by atoms with Gasteiger partial charge >= 0.3 is 11.9 Å². The van der Waals surface area contributed by atoms with Crippen LogP contribution in [0.4, 0.5) is 0 Å². The summed E-state index contributed by atoms with van der Waals surface area (Å²) in [6, 6.07) is -1.18. The Morgan fingerprint density at radius 2 is 2.07 bits per heavy atom. The molecule has 0 aliphatic carbocycles. The molecule has 0 aromatic carbocycles. The molecule has 1 atom stereocenters. The van der Waals surface area contributed by atoms with Crippen molar-refractivity contribution in [3.8, 4) is 0 Å². The molecule has 0 aliphatic rings. The molecule has 0 spiro atoms. The molecule has 0 rings (SSSR count). The molecule has 4 N–H and O–H groups in total. The molecule has 0 heterocycles. The molecule has 0 aliphatic heterocycles. The lowest BCUT2D eigenvalue weighted by Crippen LogP contribution is -2.45. The number of esters is 1. The number of hydrogen-bond acceptors (Lipinski definition) is 5. The van der Waals surface area contributed by atoms with Gasteiger partial charge < -0.3 is 20.9 Å². The summed E-state index contributed by atoms with van der Waals surface area (Å²) in [7, 11) is 0. The number of carbonyl (C=O) groups excluding carboxylic acids is 2. The molecule has 7 nitrogen and oxygen atoms in total. The standard InChI is InChI=1S/C8H14N2O5/c1-2-15-8(14)5(3-7(12)13)10-6(11)4-9/h5H,2-4,9H2,1H3,(H,10,11)(H,12,13). The van der Waals surface area contributed by atoms with Crippen molar-refractivity contribution >= 4 is 17.8 Å². The number of amides is 1. The van der Waals surface area contributed by atoms with Crippen molar-refractivity contribution in [3.05, 3.63) is 0 Å². The number of ether oxygens (including phenoxy) is 1. The van der Waals surface area contributed by atoms with E-state index in [1.54, 1.807) is 6.92 Å². The molecule has 1 amide bonds. The van der Waals surface area contributed by atoms with Gasteiger partial charge in [-0.05, 0) is 6.92 Å². The van der Waals surface area contributed by atoms with E-state index in [4.69, 9.17) is 10.8 Å². The van der Waals surface area contributed by atoms with Crippen LogP contribution in [0.3, 0.4) is 0 Å². The highest BCUT2D eigenvalue weighted by Gasteiger charge is 2.24. The number of nitrogens with one attached hydrogen (secondary N) is 1. The van der Waals surface area contributed by atoms with Crippen molar-refractivity contribution in [2.45, 2.75) is 19.4 Å². The van der Waals surface area contributed by atoms with Crippen LogP contribution < -0.4 is 11.1 Å². The molecule has 86 valence electrons. The SMILES string of the molecule is CCOC(=O)C(CC(=O)O)NC(=O)CN. The maximum absolute atomic E-state index is 11.2. The summed E-state index contributed by atoms with van der Waals surface area (Å²) < 4.78 is 4.59. The number of rotatable bonds is 6. The monoisotopic (exact) mass is 218 g/mol. The Kier molecular flexibility index (Phi) is 6.03. The fourth-order valence-corrected chi connectivity index (χ4v) is 0.864. The Morgan fingerprint density at radius 3 is 2.47 bits per heavy atom. The van der Waals surface area contributed by atoms with Crippen molar-refractivity contribution in [3.63, 3.8) is 0 Å². The minimum absolute atomic E-state index is 0.118. The van der Waals surface area contributed by atoms with Crippen molar-refractivity contribution in [1.29, 1.82) is 0 Å². The van der Waals surface area contributed by atoms with E-state index in [0.29, 0.717) is 0 Å². The highest BCUT2D eigenvalue weighted by Crippen LogP contribution is 1.96. The quantitative estimate of drug-likeness (QED) is 0.465. The largest absolute Gasteiger partial charge is 0.481 e. The zero-order valence-corrected chi connectivity index (χ0v) is 8.36. The summed E-state index contributed by atoms with van der Waals surface area (Å²) in [6.45, 7) is 1.39. The highest BCUT2D eigenvalue weighted by molar-refractivity contribution is 5.88. The molecule has 0 aromatic rings. The second kappa shape index (κ2) is 6.77. The van der Waals surface area contributed by atoms with Gasteiger partial charge in [0.05, 0.1) is 19.6 Å². The van der Waals surface area contributed by atoms with Crippen LogP contribution in [0, 0.1) is 0 Å². The van der Waals surface area contributed by atoms with Gasteiger partial charge in [-0.1, -0.05) is 0 Å². The average Bonchev–Trinajstić information content (AvgIpc) is 2.16. The first-order valence-corrected chi connectivity index (χ1v) is 4.39. The predicted octanol–water partition coefficient (Wildman–Crippen LogP) is -1.53. The Labute approximate surface area is 86.6 Å². The minimum atomic E-state index is -1.20. The predicted molar refractivity (Wildman–Crippen MR) is 49.9 cm³/mol. The van der Waals surface area contributed by atoms with E-state index in [-0.39, 0.29) is 13.2 Å². The van der Waals surface area contributed by atoms with Gasteiger partial charge in [0.15, 0.2) is 0 Å². The third-order valence-electron chi connectivity index (χ3n) is 1.47. The van der Waals surface area contributed by atoms with Gasteiger partial charge in [0.2, 0.25) is 5.91 Å². The molecule has 0 fully saturated rings. The van der Waals surface area contributed by atoms with Gasteiger partial charge in [-0.15, -0.1) is 0 Å². The summed E-state index contributed by atoms with van der Waals surface area (Å²) in [5.74, 6) is -2.58. The maximum atomic E-state index is 11.2. The Hall–Kier alpha value is -1.63. The average molecular weight is 218 g/mol. The van der Waals surface area contributed by atoms with Gasteiger partial charge in [-0.2, -0.15) is 0 Å². The Balaban J connectivity index is 4.36. The molecule has 0 aromatic heterocycles. The van der Waals surface area contributed by atoms with Crippen LogP contribution in [-0.2, 0) is 19.1 Å². The maximum Gasteiger partial charge on any atom is 0.329 e. The molecular weight excluding hydrogens is 204 g/mol. The van der Waals surface area contributed by atoms with E-state index in [9.17, 15) is 14.4 Å². The molecular formula is C8H14N2O5. The molecule has 0 saturated carbocycles. The van der Waals surface area contributed by atoms with Crippen LogP contribution in [0.5, 0.6) is 0 Å². The summed E-state index contributed by atoms with van der Waals surface area (Å²) >= 11 is 0. The topological polar surface area (TPSA) is 119 Å². The van der Waals surface area contributed by atoms with E-state index >= 15 is 0 Å². The molecule has 0 saturated heterocycles. The van der Waals surface area contributed by atoms with E-state index < -0.39 is 30.3 Å². The van der Waals surface area contributed by atoms with E-state index in [0.717, 1.165) is 0 Å². The van der Waals surface area contributed by atoms with Gasteiger partial charge in [0.25, 0.3) is 0 Å². The number of hydrogen-bond donors (Lipinski definition) is 3. The lowest BCUT2D eigenvalue weighted by Gasteiger charge is -2.14. The van der Waals surface area contributed by atoms with E-state index in [2.05, 4.69) is 10.1 Å². The summed E-state index contributed by atoms with van der Waals surface area (Å²) in [5, 5.41) is 10.7. The third-order valence-corrected chi connectivity index (χ3v) is 1.47. The Bertz CT molecular complexity index is 253. The number of nitrogens with two attached hydrogens (primary N) is 1. The first-order chi connectivity index (χ1) is 7.01. The number of carboxylic acid groups (broad SMARTS) is 1. The molecule has 7 heteroatoms. The van der Waals surface area contributed by atoms with Gasteiger partial charge in [0.1, 0.15) is 6.04 Å². The lowest BCUT2D eigenvalue weighted by atomic mass is 10.2. The van der Waals surface area contributed by atoms with E-state index in [1.165, 1.54) is 0 Å². The first-order valence-electron chi connectivity index (χ1n) is 4.39. The molecule has 15 heavy (non-hydrogen) atoms. The second-order valence-corrected chi connectivity index (χ2v) is 2.67. The zero-order chi connectivity index (χ0) is 11.8. The molecule has 0 radical (unpaired) electrons. The fourth-order valence-electron chi connectivity index (χ4n) is 0.864. The van der Waals surface area contributed by atoms with Crippen LogP contribution in [0.1, 0.15) is 13.3 Å². The first kappa shape index (κ1) is 13.4. The minimum Gasteiger partial charge on any atom is -0.481 e. The van der Waals surface area contributed by atoms with Crippen molar-refractivity contribution in [1.82, 2.24) is 5.32 Å². The van der Waals surface area contributed by atoms with Crippen LogP contribution in [0.2, 0.25) is 0 Å². The summed E-state index contributed by atoms with van der Waals surface area (Å²) in [4.78, 5) is 32.5. The van der Waals surface area contributed by atoms with Crippen LogP contribution in [0.15, 0.2) is 0 Å². The van der Waals surface area contributed by atoms with Crippen LogP contribution >= 0.6 is 0 Å². The normalized spacial score (nSPS) is 11.6. The van der Waals surface area contributed by atoms with Crippen molar-refractivity contribution < 1.29 is 24.2 Å². The number of aliphatic carboxylic acids is 1. The summed E-state index contributed by atoms with van der Waals surface area (Å²) in [5.41, 5.74) is 5.01. The Morgan fingerprint density at radius 1 is 1.47 bits per heavy atom. The van der Waals surface area contributed by atoms with Crippen molar-refractivity contribution in [2.75, 3.05) is 13.2 Å². The molecule has 1 unspecified atom stereocenters. The van der Waals surface area contributed by atoms with Crippen LogP contribution in [-0.4, -0.2) is 42.1 Å². The van der Waals surface area contributed by atoms with Crippen molar-refractivity contribution in [2.24, 2.45) is 5.73 Å². The highest BCUT2D eigenvalue weighted by atomic mass is 16.5. The zero-order valence-electron chi connectivity index (χ0n) is 8.36. The summed E-state index contributed by atoms with van der Waals surface area (Å²) in [6.07, 6.45) is -0.523. The van der Waals surface area contributed by atoms with Crippen LogP contribution in [0.25, 0.3) is 0 Å². The van der Waals surface area contributed by atoms with E-state index in [1.807, 2.05) is 0 Å². The van der Waals surface area contributed by atoms with Gasteiger partial charge in [0, 0.05) is 0 Å². The smallest absolute Gasteiger partial charge is 0.329 e. The lowest BCUT2D eigenvalue weighted by molar-refractivity contribution is -0.151. The molecule has 0 bridgehead atoms. The second-order valence-electron chi connectivity index (χ2n) is 2.67. The number of carbonyl (C=O) groups is 3. The third kappa shape index (κ3) is 5.63. The number of carboxylic acids is 1. The van der Waals surface area contributed by atoms with Gasteiger partial charge in [-0.3, -0.25) is 9.59 Å².